The van der Waals surface area contributed by atoms with E-state index in [0.29, 0.717) is 0 Å². The minimum atomic E-state index is -0.265. The van der Waals surface area contributed by atoms with Gasteiger partial charge in [-0.25, -0.2) is 9.78 Å². The third-order valence-electron chi connectivity index (χ3n) is 4.94. The Kier molecular flexibility index (Phi) is 5.55. The summed E-state index contributed by atoms with van der Waals surface area (Å²) in [4.78, 5) is 19.4. The summed E-state index contributed by atoms with van der Waals surface area (Å²) < 4.78 is 7.42. The van der Waals surface area contributed by atoms with Crippen LogP contribution in [-0.2, 0) is 17.8 Å². The third-order valence-corrected chi connectivity index (χ3v) is 4.94. The van der Waals surface area contributed by atoms with Gasteiger partial charge in [-0.05, 0) is 36.8 Å². The number of fused-ring (bicyclic) bond motifs is 3. The number of hydrogen-bond acceptors (Lipinski definition) is 4. The van der Waals surface area contributed by atoms with Crippen molar-refractivity contribution in [1.29, 1.82) is 0 Å². The van der Waals surface area contributed by atoms with E-state index in [9.17, 15) is 4.79 Å². The summed E-state index contributed by atoms with van der Waals surface area (Å²) in [5.74, 6) is 1.07. The molecule has 28 heavy (non-hydrogen) atoms. The zero-order chi connectivity index (χ0) is 19.3. The Balaban J connectivity index is 1.44. The zero-order valence-corrected chi connectivity index (χ0v) is 16.0. The van der Waals surface area contributed by atoms with Gasteiger partial charge in [-0.2, -0.15) is 0 Å². The van der Waals surface area contributed by atoms with E-state index < -0.39 is 0 Å². The predicted octanol–water partition coefficient (Wildman–Crippen LogP) is 3.53. The van der Waals surface area contributed by atoms with Crippen molar-refractivity contribution in [3.63, 3.8) is 0 Å². The van der Waals surface area contributed by atoms with E-state index in [2.05, 4.69) is 20.1 Å². The molecule has 7 nitrogen and oxygen atoms in total. The summed E-state index contributed by atoms with van der Waals surface area (Å²) in [6, 6.07) is 15.0. The number of amides is 2. The van der Waals surface area contributed by atoms with Crippen LogP contribution in [0, 0.1) is 0 Å². The second-order valence-electron chi connectivity index (χ2n) is 6.95. The highest BCUT2D eigenvalue weighted by molar-refractivity contribution is 6.00. The average Bonchev–Trinajstić information content (AvgIpc) is 3.05. The summed E-state index contributed by atoms with van der Waals surface area (Å²) in [6.45, 7) is 4.59. The molecule has 2 aromatic carbocycles. The maximum atomic E-state index is 12.2. The van der Waals surface area contributed by atoms with Gasteiger partial charge in [0, 0.05) is 44.7 Å². The maximum Gasteiger partial charge on any atom is 0.323 e. The maximum absolute atomic E-state index is 12.2. The zero-order valence-electron chi connectivity index (χ0n) is 16.0. The molecule has 0 bridgehead atoms. The molecular weight excluding hydrogens is 354 g/mol. The van der Waals surface area contributed by atoms with Crippen molar-refractivity contribution in [2.45, 2.75) is 19.5 Å². The first kappa shape index (κ1) is 18.5. The summed E-state index contributed by atoms with van der Waals surface area (Å²) in [6.07, 6.45) is 1.03. The van der Waals surface area contributed by atoms with E-state index in [1.807, 2.05) is 48.5 Å². The average molecular weight is 379 g/mol. The van der Waals surface area contributed by atoms with Crippen LogP contribution in [0.2, 0.25) is 0 Å². The lowest BCUT2D eigenvalue weighted by molar-refractivity contribution is 0.158. The number of para-hydroxylation sites is 1. The minimum absolute atomic E-state index is 0.265. The highest BCUT2D eigenvalue weighted by Crippen LogP contribution is 2.24. The minimum Gasteiger partial charge on any atom is -0.385 e. The van der Waals surface area contributed by atoms with Crippen molar-refractivity contribution in [3.8, 4) is 0 Å². The molecule has 2 amide bonds. The molecule has 146 valence electrons. The number of urea groups is 1. The van der Waals surface area contributed by atoms with E-state index in [1.54, 1.807) is 7.11 Å². The van der Waals surface area contributed by atoms with Gasteiger partial charge in [0.05, 0.1) is 17.6 Å². The fourth-order valence-electron chi connectivity index (χ4n) is 3.59. The Morgan fingerprint density at radius 3 is 2.75 bits per heavy atom. The Morgan fingerprint density at radius 2 is 1.93 bits per heavy atom. The molecular formula is C21H25N5O2. The number of carbonyl (C=O) groups is 1. The molecule has 0 unspecified atom stereocenters. The summed E-state index contributed by atoms with van der Waals surface area (Å²) in [7, 11) is 1.74. The summed E-state index contributed by atoms with van der Waals surface area (Å²) in [5.41, 5.74) is 3.51. The Bertz CT molecular complexity index is 954. The number of nitrogens with one attached hydrogen (secondary N) is 2. The molecule has 0 aliphatic carbocycles. The molecule has 0 atom stereocenters. The lowest BCUT2D eigenvalue weighted by atomic mass is 10.2. The van der Waals surface area contributed by atoms with Crippen LogP contribution in [0.4, 0.5) is 16.2 Å². The van der Waals surface area contributed by atoms with Crippen molar-refractivity contribution in [2.24, 2.45) is 0 Å². The highest BCUT2D eigenvalue weighted by Gasteiger charge is 2.20. The fourth-order valence-corrected chi connectivity index (χ4v) is 3.59. The monoisotopic (exact) mass is 379 g/mol. The van der Waals surface area contributed by atoms with Gasteiger partial charge < -0.3 is 19.9 Å². The molecule has 0 spiro atoms. The van der Waals surface area contributed by atoms with E-state index in [0.717, 1.165) is 67.4 Å². The number of ether oxygens (including phenoxy) is 1. The molecule has 7 heteroatoms. The van der Waals surface area contributed by atoms with E-state index in [1.165, 1.54) is 0 Å². The molecule has 0 saturated carbocycles. The normalized spacial score (nSPS) is 14.0. The quantitative estimate of drug-likeness (QED) is 0.643. The SMILES string of the molecule is COCCCN1CCn2c(nc3cc(NC(=O)Nc4ccccc4)ccc32)C1. The van der Waals surface area contributed by atoms with Gasteiger partial charge in [-0.1, -0.05) is 18.2 Å². The van der Waals surface area contributed by atoms with E-state index >= 15 is 0 Å². The first-order valence-corrected chi connectivity index (χ1v) is 9.56. The van der Waals surface area contributed by atoms with Gasteiger partial charge in [0.15, 0.2) is 0 Å². The third kappa shape index (κ3) is 4.16. The topological polar surface area (TPSA) is 71.4 Å². The summed E-state index contributed by atoms with van der Waals surface area (Å²) in [5, 5.41) is 5.71. The van der Waals surface area contributed by atoms with Crippen LogP contribution in [0.3, 0.4) is 0 Å². The lowest BCUT2D eigenvalue weighted by Gasteiger charge is -2.27. The number of benzene rings is 2. The molecule has 1 aromatic heterocycles. The molecule has 0 fully saturated rings. The Morgan fingerprint density at radius 1 is 1.11 bits per heavy atom. The largest absolute Gasteiger partial charge is 0.385 e. The number of methoxy groups -OCH3 is 1. The highest BCUT2D eigenvalue weighted by atomic mass is 16.5. The Labute approximate surface area is 164 Å². The number of nitrogens with zero attached hydrogens (tertiary/aromatic N) is 3. The van der Waals surface area contributed by atoms with E-state index in [-0.39, 0.29) is 6.03 Å². The molecule has 0 saturated heterocycles. The predicted molar refractivity (Wildman–Crippen MR) is 111 cm³/mol. The number of anilines is 2. The Hall–Kier alpha value is -2.90. The first-order valence-electron chi connectivity index (χ1n) is 9.56. The molecule has 4 rings (SSSR count). The van der Waals surface area contributed by atoms with Crippen molar-refractivity contribution < 1.29 is 9.53 Å². The second kappa shape index (κ2) is 8.41. The number of hydrogen-bond donors (Lipinski definition) is 2. The van der Waals surface area contributed by atoms with Crippen LogP contribution >= 0.6 is 0 Å². The molecule has 1 aliphatic rings. The van der Waals surface area contributed by atoms with Crippen LogP contribution in [0.5, 0.6) is 0 Å². The molecule has 2 heterocycles. The van der Waals surface area contributed by atoms with Crippen molar-refractivity contribution >= 4 is 28.4 Å². The van der Waals surface area contributed by atoms with Crippen LogP contribution < -0.4 is 10.6 Å². The number of carbonyl (C=O) groups excluding carboxylic acids is 1. The number of imidazole rings is 1. The van der Waals surface area contributed by atoms with Gasteiger partial charge in [-0.15, -0.1) is 0 Å². The van der Waals surface area contributed by atoms with Crippen molar-refractivity contribution in [1.82, 2.24) is 14.5 Å². The van der Waals surface area contributed by atoms with Crippen LogP contribution in [0.1, 0.15) is 12.2 Å². The molecule has 2 N–H and O–H groups in total. The van der Waals surface area contributed by atoms with Gasteiger partial charge in [-0.3, -0.25) is 4.90 Å². The van der Waals surface area contributed by atoms with Gasteiger partial charge in [0.25, 0.3) is 0 Å². The lowest BCUT2D eigenvalue weighted by Crippen LogP contribution is -2.34. The number of rotatable bonds is 6. The fraction of sp³-hybridized carbons (Fsp3) is 0.333. The van der Waals surface area contributed by atoms with Crippen LogP contribution in [0.25, 0.3) is 11.0 Å². The standard InChI is InChI=1S/C21H25N5O2/c1-28-13-5-10-25-11-12-26-19-9-8-17(14-18(19)24-20(26)15-25)23-21(27)22-16-6-3-2-4-7-16/h2-4,6-9,14H,5,10-13,15H2,1H3,(H2,22,23,27). The molecule has 1 aliphatic heterocycles. The van der Waals surface area contributed by atoms with Gasteiger partial charge >= 0.3 is 6.03 Å². The summed E-state index contributed by atoms with van der Waals surface area (Å²) >= 11 is 0. The van der Waals surface area contributed by atoms with Crippen LogP contribution in [0.15, 0.2) is 48.5 Å². The molecule has 0 radical (unpaired) electrons. The van der Waals surface area contributed by atoms with Crippen molar-refractivity contribution in [2.75, 3.05) is 37.4 Å². The van der Waals surface area contributed by atoms with E-state index in [4.69, 9.17) is 9.72 Å². The number of aromatic nitrogens is 2. The first-order chi connectivity index (χ1) is 13.7. The molecule has 3 aromatic rings. The smallest absolute Gasteiger partial charge is 0.323 e. The van der Waals surface area contributed by atoms with Gasteiger partial charge in [0.1, 0.15) is 5.82 Å². The van der Waals surface area contributed by atoms with Gasteiger partial charge in [0.2, 0.25) is 0 Å². The van der Waals surface area contributed by atoms with Crippen molar-refractivity contribution in [3.05, 3.63) is 54.4 Å². The second-order valence-corrected chi connectivity index (χ2v) is 6.95. The van der Waals surface area contributed by atoms with Crippen LogP contribution in [-0.4, -0.2) is 47.3 Å².